The van der Waals surface area contributed by atoms with E-state index in [0.717, 1.165) is 37.6 Å². The number of halogens is 1. The average Bonchev–Trinajstić information content (AvgIpc) is 2.70. The normalized spacial score (nSPS) is 17.7. The maximum atomic E-state index is 10.4. The molecule has 4 nitrogen and oxygen atoms in total. The maximum absolute atomic E-state index is 10.4. The molecule has 1 aliphatic heterocycles. The Morgan fingerprint density at radius 2 is 1.78 bits per heavy atom. The van der Waals surface area contributed by atoms with Crippen molar-refractivity contribution >= 4 is 17.3 Å². The predicted octanol–water partition coefficient (Wildman–Crippen LogP) is 3.99. The molecule has 1 N–H and O–H groups in total. The van der Waals surface area contributed by atoms with E-state index >= 15 is 0 Å². The van der Waals surface area contributed by atoms with E-state index in [1.54, 1.807) is 0 Å². The van der Waals surface area contributed by atoms with Crippen molar-refractivity contribution in [2.24, 2.45) is 0 Å². The minimum Gasteiger partial charge on any atom is -0.389 e. The van der Waals surface area contributed by atoms with Crippen LogP contribution >= 0.6 is 11.6 Å². The summed E-state index contributed by atoms with van der Waals surface area (Å²) in [5.74, 6) is 0. The topological polar surface area (TPSA) is 35.9 Å². The number of benzene rings is 2. The molecule has 2 aromatic rings. The van der Waals surface area contributed by atoms with Crippen LogP contribution in [-0.4, -0.2) is 55.4 Å². The van der Waals surface area contributed by atoms with Gasteiger partial charge in [-0.1, -0.05) is 54.9 Å². The van der Waals surface area contributed by atoms with Crippen LogP contribution in [0.15, 0.2) is 54.6 Å². The minimum absolute atomic E-state index is 0.0422. The summed E-state index contributed by atoms with van der Waals surface area (Å²) in [5.41, 5.74) is 2.34. The molecule has 3 rings (SSSR count). The fourth-order valence-electron chi connectivity index (χ4n) is 3.56. The highest BCUT2D eigenvalue weighted by Gasteiger charge is 2.20. The summed E-state index contributed by atoms with van der Waals surface area (Å²) in [4.78, 5) is 4.65. The molecule has 0 radical (unpaired) electrons. The van der Waals surface area contributed by atoms with E-state index in [1.807, 2.05) is 36.4 Å². The van der Waals surface area contributed by atoms with E-state index in [9.17, 15) is 5.11 Å². The summed E-state index contributed by atoms with van der Waals surface area (Å²) in [7, 11) is 0. The molecule has 1 fully saturated rings. The van der Waals surface area contributed by atoms with Crippen molar-refractivity contribution < 1.29 is 9.84 Å². The second-order valence-corrected chi connectivity index (χ2v) is 7.50. The first kappa shape index (κ1) is 20.2. The van der Waals surface area contributed by atoms with Crippen LogP contribution in [0.25, 0.3) is 0 Å². The summed E-state index contributed by atoms with van der Waals surface area (Å²) in [6.07, 6.45) is 0.468. The monoisotopic (exact) mass is 388 g/mol. The Hall–Kier alpha value is -1.59. The first-order chi connectivity index (χ1) is 13.2. The van der Waals surface area contributed by atoms with Crippen LogP contribution in [-0.2, 0) is 4.74 Å². The molecule has 0 amide bonds. The van der Waals surface area contributed by atoms with Gasteiger partial charge in [-0.05, 0) is 30.2 Å². The highest BCUT2D eigenvalue weighted by Crippen LogP contribution is 2.22. The zero-order chi connectivity index (χ0) is 19.1. The standard InChI is InChI=1S/C22H29ClN2O2/c1-2-22(18-7-4-3-5-8-18)27-17-21(26)16-24-11-13-25(14-12-24)20-10-6-9-19(23)15-20/h3-10,15,21-22,26H,2,11-14,16-17H2,1H3/t21-,22-/m1/s1. The van der Waals surface area contributed by atoms with Gasteiger partial charge in [0.2, 0.25) is 0 Å². The van der Waals surface area contributed by atoms with Crippen LogP contribution in [0.1, 0.15) is 25.0 Å². The lowest BCUT2D eigenvalue weighted by atomic mass is 10.1. The number of β-amino-alcohol motifs (C(OH)–C–C–N with tert-alkyl or cyclic N) is 1. The summed E-state index contributed by atoms with van der Waals surface area (Å²) < 4.78 is 5.98. The van der Waals surface area contributed by atoms with Crippen LogP contribution in [0.3, 0.4) is 0 Å². The van der Waals surface area contributed by atoms with Gasteiger partial charge in [0.1, 0.15) is 0 Å². The number of anilines is 1. The third-order valence-electron chi connectivity index (χ3n) is 5.05. The Balaban J connectivity index is 1.42. The molecule has 2 atom stereocenters. The number of hydrogen-bond donors (Lipinski definition) is 1. The van der Waals surface area contributed by atoms with Crippen molar-refractivity contribution in [3.63, 3.8) is 0 Å². The van der Waals surface area contributed by atoms with E-state index < -0.39 is 6.10 Å². The zero-order valence-electron chi connectivity index (χ0n) is 15.9. The molecule has 0 aliphatic carbocycles. The summed E-state index contributed by atoms with van der Waals surface area (Å²) in [6, 6.07) is 18.2. The van der Waals surface area contributed by atoms with Gasteiger partial charge in [0.05, 0.1) is 18.8 Å². The lowest BCUT2D eigenvalue weighted by molar-refractivity contribution is -0.0240. The second kappa shape index (κ2) is 10.1. The zero-order valence-corrected chi connectivity index (χ0v) is 16.7. The molecule has 0 bridgehead atoms. The Bertz CT molecular complexity index is 690. The van der Waals surface area contributed by atoms with E-state index in [-0.39, 0.29) is 6.10 Å². The molecule has 146 valence electrons. The number of piperazine rings is 1. The molecule has 1 saturated heterocycles. The Morgan fingerprint density at radius 1 is 1.04 bits per heavy atom. The average molecular weight is 389 g/mol. The van der Waals surface area contributed by atoms with E-state index in [0.29, 0.717) is 13.2 Å². The van der Waals surface area contributed by atoms with Crippen molar-refractivity contribution in [1.29, 1.82) is 0 Å². The largest absolute Gasteiger partial charge is 0.389 e. The molecule has 0 saturated carbocycles. The molecule has 1 heterocycles. The van der Waals surface area contributed by atoms with Crippen molar-refractivity contribution in [2.75, 3.05) is 44.2 Å². The lowest BCUT2D eigenvalue weighted by Crippen LogP contribution is -2.49. The van der Waals surface area contributed by atoms with Crippen molar-refractivity contribution in [3.8, 4) is 0 Å². The molecule has 0 spiro atoms. The maximum Gasteiger partial charge on any atom is 0.0900 e. The molecule has 0 aromatic heterocycles. The highest BCUT2D eigenvalue weighted by molar-refractivity contribution is 6.30. The van der Waals surface area contributed by atoms with Crippen LogP contribution in [0.4, 0.5) is 5.69 Å². The van der Waals surface area contributed by atoms with Gasteiger partial charge in [0.25, 0.3) is 0 Å². The van der Waals surface area contributed by atoms with Crippen LogP contribution in [0, 0.1) is 0 Å². The van der Waals surface area contributed by atoms with Crippen molar-refractivity contribution in [3.05, 3.63) is 65.2 Å². The Labute approximate surface area is 167 Å². The Kier molecular flexibility index (Phi) is 7.53. The molecule has 2 aromatic carbocycles. The molecular formula is C22H29ClN2O2. The summed E-state index contributed by atoms with van der Waals surface area (Å²) in [6.45, 7) is 6.86. The fourth-order valence-corrected chi connectivity index (χ4v) is 3.74. The number of aliphatic hydroxyl groups excluding tert-OH is 1. The first-order valence-corrected chi connectivity index (χ1v) is 10.1. The molecule has 27 heavy (non-hydrogen) atoms. The van der Waals surface area contributed by atoms with Crippen LogP contribution in [0.5, 0.6) is 0 Å². The molecule has 5 heteroatoms. The quantitative estimate of drug-likeness (QED) is 0.741. The number of ether oxygens (including phenoxy) is 1. The summed E-state index contributed by atoms with van der Waals surface area (Å²) >= 11 is 6.09. The highest BCUT2D eigenvalue weighted by atomic mass is 35.5. The molecule has 0 unspecified atom stereocenters. The number of aliphatic hydroxyl groups is 1. The van der Waals surface area contributed by atoms with E-state index in [1.165, 1.54) is 11.3 Å². The summed E-state index contributed by atoms with van der Waals surface area (Å²) in [5, 5.41) is 11.2. The van der Waals surface area contributed by atoms with Gasteiger partial charge in [0.15, 0.2) is 0 Å². The third-order valence-corrected chi connectivity index (χ3v) is 5.28. The second-order valence-electron chi connectivity index (χ2n) is 7.06. The van der Waals surface area contributed by atoms with Gasteiger partial charge >= 0.3 is 0 Å². The van der Waals surface area contributed by atoms with Gasteiger partial charge in [-0.25, -0.2) is 0 Å². The van der Waals surface area contributed by atoms with Crippen LogP contribution < -0.4 is 4.90 Å². The van der Waals surface area contributed by atoms with E-state index in [4.69, 9.17) is 16.3 Å². The first-order valence-electron chi connectivity index (χ1n) is 9.73. The third kappa shape index (κ3) is 5.94. The van der Waals surface area contributed by atoms with Gasteiger partial charge in [-0.2, -0.15) is 0 Å². The van der Waals surface area contributed by atoms with Crippen molar-refractivity contribution in [1.82, 2.24) is 4.90 Å². The Morgan fingerprint density at radius 3 is 2.44 bits per heavy atom. The van der Waals surface area contributed by atoms with E-state index in [2.05, 4.69) is 34.9 Å². The number of rotatable bonds is 8. The molecule has 1 aliphatic rings. The van der Waals surface area contributed by atoms with Crippen LogP contribution in [0.2, 0.25) is 5.02 Å². The predicted molar refractivity (Wildman–Crippen MR) is 112 cm³/mol. The van der Waals surface area contributed by atoms with Gasteiger partial charge in [-0.15, -0.1) is 0 Å². The van der Waals surface area contributed by atoms with Gasteiger partial charge in [-0.3, -0.25) is 4.90 Å². The van der Waals surface area contributed by atoms with Gasteiger partial charge < -0.3 is 14.7 Å². The number of nitrogens with zero attached hydrogens (tertiary/aromatic N) is 2. The lowest BCUT2D eigenvalue weighted by Gasteiger charge is -2.37. The molecular weight excluding hydrogens is 360 g/mol. The van der Waals surface area contributed by atoms with Crippen molar-refractivity contribution in [2.45, 2.75) is 25.6 Å². The fraction of sp³-hybridized carbons (Fsp3) is 0.455. The minimum atomic E-state index is -0.472. The van der Waals surface area contributed by atoms with Gasteiger partial charge in [0, 0.05) is 43.4 Å². The SMILES string of the molecule is CC[C@@H](OC[C@H](O)CN1CCN(c2cccc(Cl)c2)CC1)c1ccccc1. The smallest absolute Gasteiger partial charge is 0.0900 e. The number of hydrogen-bond acceptors (Lipinski definition) is 4.